The number of nitrogens with zero attached hydrogens (tertiary/aromatic N) is 1. The van der Waals surface area contributed by atoms with Gasteiger partial charge in [-0.2, -0.15) is 0 Å². The van der Waals surface area contributed by atoms with Gasteiger partial charge in [-0.1, -0.05) is 0 Å². The van der Waals surface area contributed by atoms with Gasteiger partial charge in [-0.3, -0.25) is 19.7 Å². The Morgan fingerprint density at radius 3 is 1.90 bits per heavy atom. The second kappa shape index (κ2) is 4.14. The highest BCUT2D eigenvalue weighted by molar-refractivity contribution is 6.30. The van der Waals surface area contributed by atoms with Crippen LogP contribution in [0.4, 0.5) is 5.69 Å². The summed E-state index contributed by atoms with van der Waals surface area (Å²) >= 11 is 0. The van der Waals surface area contributed by atoms with Gasteiger partial charge in [-0.25, -0.2) is 0 Å². The number of hydrogen-bond donors (Lipinski definition) is 2. The van der Waals surface area contributed by atoms with Crippen molar-refractivity contribution in [2.45, 2.75) is 0 Å². The highest BCUT2D eigenvalue weighted by Crippen LogP contribution is 2.38. The second-order valence-corrected chi connectivity index (χ2v) is 4.50. The fourth-order valence-corrected chi connectivity index (χ4v) is 2.34. The number of phenols is 2. The van der Waals surface area contributed by atoms with E-state index in [1.165, 1.54) is 6.07 Å². The Bertz CT molecular complexity index is 840. The zero-order valence-electron chi connectivity index (χ0n) is 10.4. The van der Waals surface area contributed by atoms with Crippen LogP contribution in [0.1, 0.15) is 31.8 Å². The smallest absolute Gasteiger partial charge is 0.270 e. The number of carbonyl (C=O) groups is 2. The number of nitro groups is 1. The van der Waals surface area contributed by atoms with Crippen LogP contribution in [0.15, 0.2) is 30.3 Å². The van der Waals surface area contributed by atoms with Crippen LogP contribution in [-0.2, 0) is 0 Å². The van der Waals surface area contributed by atoms with Gasteiger partial charge in [0.1, 0.15) is 11.5 Å². The van der Waals surface area contributed by atoms with Crippen molar-refractivity contribution >= 4 is 17.3 Å². The summed E-state index contributed by atoms with van der Waals surface area (Å²) in [4.78, 5) is 34.7. The van der Waals surface area contributed by atoms with E-state index in [-0.39, 0.29) is 27.9 Å². The van der Waals surface area contributed by atoms with Crippen molar-refractivity contribution in [3.05, 3.63) is 62.7 Å². The molecule has 0 aromatic heterocycles. The minimum Gasteiger partial charge on any atom is -0.507 e. The molecule has 2 aromatic carbocycles. The third-order valence-electron chi connectivity index (χ3n) is 3.32. The zero-order valence-corrected chi connectivity index (χ0v) is 10.4. The maximum Gasteiger partial charge on any atom is 0.270 e. The first-order chi connectivity index (χ1) is 9.91. The van der Waals surface area contributed by atoms with E-state index in [1.807, 2.05) is 0 Å². The first-order valence-electron chi connectivity index (χ1n) is 5.84. The molecule has 0 unspecified atom stereocenters. The van der Waals surface area contributed by atoms with Gasteiger partial charge in [0.25, 0.3) is 5.69 Å². The molecule has 1 aliphatic carbocycles. The Hall–Kier alpha value is -3.22. The number of hydrogen-bond acceptors (Lipinski definition) is 6. The summed E-state index contributed by atoms with van der Waals surface area (Å²) in [6.07, 6.45) is 0. The van der Waals surface area contributed by atoms with E-state index in [0.717, 1.165) is 24.3 Å². The fraction of sp³-hybridized carbons (Fsp3) is 0. The number of ketones is 2. The quantitative estimate of drug-likeness (QED) is 0.399. The van der Waals surface area contributed by atoms with E-state index < -0.39 is 28.0 Å². The Morgan fingerprint density at radius 2 is 1.38 bits per heavy atom. The molecule has 0 saturated carbocycles. The van der Waals surface area contributed by atoms with Gasteiger partial charge in [0, 0.05) is 23.3 Å². The van der Waals surface area contributed by atoms with Gasteiger partial charge in [0.2, 0.25) is 0 Å². The first-order valence-corrected chi connectivity index (χ1v) is 5.84. The third-order valence-corrected chi connectivity index (χ3v) is 3.32. The van der Waals surface area contributed by atoms with Gasteiger partial charge < -0.3 is 10.2 Å². The number of benzene rings is 2. The maximum atomic E-state index is 12.4. The molecule has 0 aliphatic heterocycles. The lowest BCUT2D eigenvalue weighted by Gasteiger charge is -2.18. The SMILES string of the molecule is O=C1c2ccc([N+](=O)[O-])cc2C(=O)c2c(O)ccc(O)c21. The number of aromatic hydroxyl groups is 2. The molecule has 0 amide bonds. The zero-order chi connectivity index (χ0) is 15.3. The molecule has 0 saturated heterocycles. The van der Waals surface area contributed by atoms with Crippen molar-refractivity contribution in [2.75, 3.05) is 0 Å². The van der Waals surface area contributed by atoms with Gasteiger partial charge in [0.05, 0.1) is 16.1 Å². The standard InChI is InChI=1S/C14H7NO6/c16-9-3-4-10(17)12-11(9)13(18)7-2-1-6(15(20)21)5-8(7)14(12)19/h1-5,16-17H. The Balaban J connectivity index is 2.33. The summed E-state index contributed by atoms with van der Waals surface area (Å²) in [5.41, 5.74) is -1.17. The summed E-state index contributed by atoms with van der Waals surface area (Å²) in [5.74, 6) is -2.29. The van der Waals surface area contributed by atoms with Gasteiger partial charge in [-0.15, -0.1) is 0 Å². The van der Waals surface area contributed by atoms with Crippen LogP contribution in [-0.4, -0.2) is 26.7 Å². The van der Waals surface area contributed by atoms with Crippen LogP contribution >= 0.6 is 0 Å². The van der Waals surface area contributed by atoms with Crippen LogP contribution in [0.3, 0.4) is 0 Å². The number of carbonyl (C=O) groups excluding carboxylic acids is 2. The highest BCUT2D eigenvalue weighted by atomic mass is 16.6. The number of fused-ring (bicyclic) bond motifs is 2. The highest BCUT2D eigenvalue weighted by Gasteiger charge is 2.35. The van der Waals surface area contributed by atoms with E-state index >= 15 is 0 Å². The van der Waals surface area contributed by atoms with Crippen molar-refractivity contribution < 1.29 is 24.7 Å². The Labute approximate surface area is 117 Å². The molecule has 21 heavy (non-hydrogen) atoms. The molecule has 0 bridgehead atoms. The molecule has 3 rings (SSSR count). The van der Waals surface area contributed by atoms with Crippen molar-refractivity contribution in [1.29, 1.82) is 0 Å². The van der Waals surface area contributed by atoms with E-state index in [1.54, 1.807) is 0 Å². The second-order valence-electron chi connectivity index (χ2n) is 4.50. The average Bonchev–Trinajstić information content (AvgIpc) is 2.46. The lowest BCUT2D eigenvalue weighted by molar-refractivity contribution is -0.384. The van der Waals surface area contributed by atoms with Crippen LogP contribution < -0.4 is 0 Å². The molecule has 1 aliphatic rings. The molecule has 0 fully saturated rings. The Morgan fingerprint density at radius 1 is 0.857 bits per heavy atom. The molecule has 0 atom stereocenters. The third kappa shape index (κ3) is 1.68. The fourth-order valence-electron chi connectivity index (χ4n) is 2.34. The van der Waals surface area contributed by atoms with E-state index in [2.05, 4.69) is 0 Å². The molecule has 0 radical (unpaired) electrons. The molecular weight excluding hydrogens is 278 g/mol. The van der Waals surface area contributed by atoms with Gasteiger partial charge in [-0.05, 0) is 18.2 Å². The summed E-state index contributed by atoms with van der Waals surface area (Å²) in [6, 6.07) is 5.45. The molecule has 2 aromatic rings. The average molecular weight is 285 g/mol. The Kier molecular flexibility index (Phi) is 2.52. The first kappa shape index (κ1) is 12.8. The summed E-state index contributed by atoms with van der Waals surface area (Å²) in [7, 11) is 0. The largest absolute Gasteiger partial charge is 0.507 e. The summed E-state index contributed by atoms with van der Waals surface area (Å²) < 4.78 is 0. The van der Waals surface area contributed by atoms with Gasteiger partial charge in [0.15, 0.2) is 11.6 Å². The number of rotatable bonds is 1. The lowest BCUT2D eigenvalue weighted by atomic mass is 9.83. The van der Waals surface area contributed by atoms with Crippen molar-refractivity contribution in [2.24, 2.45) is 0 Å². The molecule has 104 valence electrons. The van der Waals surface area contributed by atoms with Crippen LogP contribution in [0, 0.1) is 10.1 Å². The normalized spacial score (nSPS) is 12.8. The predicted octanol–water partition coefficient (Wildman–Crippen LogP) is 1.78. The topological polar surface area (TPSA) is 118 Å². The molecule has 0 heterocycles. The minimum absolute atomic E-state index is 0.0426. The molecule has 7 heteroatoms. The van der Waals surface area contributed by atoms with E-state index in [9.17, 15) is 29.9 Å². The number of non-ortho nitro benzene ring substituents is 1. The molecule has 0 spiro atoms. The van der Waals surface area contributed by atoms with Crippen LogP contribution in [0.25, 0.3) is 0 Å². The summed E-state index contributed by atoms with van der Waals surface area (Å²) in [5, 5.41) is 30.3. The monoisotopic (exact) mass is 285 g/mol. The number of nitro benzene ring substituents is 1. The molecule has 7 nitrogen and oxygen atoms in total. The van der Waals surface area contributed by atoms with Gasteiger partial charge >= 0.3 is 0 Å². The van der Waals surface area contributed by atoms with Crippen molar-refractivity contribution in [1.82, 2.24) is 0 Å². The predicted molar refractivity (Wildman–Crippen MR) is 69.7 cm³/mol. The van der Waals surface area contributed by atoms with Crippen molar-refractivity contribution in [3.8, 4) is 11.5 Å². The lowest BCUT2D eigenvalue weighted by Crippen LogP contribution is -2.21. The van der Waals surface area contributed by atoms with Crippen LogP contribution in [0.5, 0.6) is 11.5 Å². The maximum absolute atomic E-state index is 12.4. The van der Waals surface area contributed by atoms with Crippen LogP contribution in [0.2, 0.25) is 0 Å². The number of phenolic OH excluding ortho intramolecular Hbond substituents is 2. The molecular formula is C14H7NO6. The summed E-state index contributed by atoms with van der Waals surface area (Å²) in [6.45, 7) is 0. The van der Waals surface area contributed by atoms with Crippen molar-refractivity contribution in [3.63, 3.8) is 0 Å². The van der Waals surface area contributed by atoms with E-state index in [0.29, 0.717) is 0 Å². The minimum atomic E-state index is -0.739. The van der Waals surface area contributed by atoms with E-state index in [4.69, 9.17) is 0 Å². The molecule has 2 N–H and O–H groups in total.